The number of hydrogen-bond donors (Lipinski definition) is 1. The summed E-state index contributed by atoms with van der Waals surface area (Å²) in [4.78, 5) is 28.0. The average Bonchev–Trinajstić information content (AvgIpc) is 2.60. The van der Waals surface area contributed by atoms with Crippen LogP contribution in [0.15, 0.2) is 24.3 Å². The topological polar surface area (TPSA) is 61.9 Å². The van der Waals surface area contributed by atoms with E-state index < -0.39 is 6.10 Å². The lowest BCUT2D eigenvalue weighted by molar-refractivity contribution is -0.140. The SMILES string of the molecule is CN(C)C(=O)NC1CCCN(C(=O)C2CCc3ccccc3O2)C1. The first-order chi connectivity index (χ1) is 11.5. The van der Waals surface area contributed by atoms with E-state index in [2.05, 4.69) is 5.32 Å². The zero-order valence-corrected chi connectivity index (χ0v) is 14.3. The van der Waals surface area contributed by atoms with Crippen molar-refractivity contribution in [2.45, 2.75) is 37.8 Å². The Bertz CT molecular complexity index is 617. The van der Waals surface area contributed by atoms with Crippen molar-refractivity contribution in [1.82, 2.24) is 15.1 Å². The van der Waals surface area contributed by atoms with Gasteiger partial charge in [-0.05, 0) is 37.3 Å². The predicted molar refractivity (Wildman–Crippen MR) is 91.0 cm³/mol. The second-order valence-corrected chi connectivity index (χ2v) is 6.72. The molecule has 130 valence electrons. The standard InChI is InChI=1S/C18H25N3O3/c1-20(2)18(23)19-14-7-5-11-21(12-14)17(22)16-10-9-13-6-3-4-8-15(13)24-16/h3-4,6,8,14,16H,5,7,9-12H2,1-2H3,(H,19,23). The minimum absolute atomic E-state index is 0.00785. The average molecular weight is 331 g/mol. The van der Waals surface area contributed by atoms with Crippen molar-refractivity contribution in [2.24, 2.45) is 0 Å². The number of piperidine rings is 1. The van der Waals surface area contributed by atoms with Crippen LogP contribution in [0.5, 0.6) is 5.75 Å². The molecule has 3 amide bonds. The van der Waals surface area contributed by atoms with Crippen LogP contribution in [0.4, 0.5) is 4.79 Å². The molecule has 2 heterocycles. The predicted octanol–water partition coefficient (Wildman–Crippen LogP) is 1.64. The first-order valence-electron chi connectivity index (χ1n) is 8.56. The summed E-state index contributed by atoms with van der Waals surface area (Å²) in [6.45, 7) is 1.29. The van der Waals surface area contributed by atoms with Crippen LogP contribution in [-0.4, -0.2) is 61.1 Å². The van der Waals surface area contributed by atoms with Gasteiger partial charge in [0.25, 0.3) is 5.91 Å². The molecule has 0 spiro atoms. The number of likely N-dealkylation sites (tertiary alicyclic amines) is 1. The Kier molecular flexibility index (Phi) is 4.92. The Balaban J connectivity index is 1.60. The third-order valence-corrected chi connectivity index (χ3v) is 4.66. The van der Waals surface area contributed by atoms with Crippen molar-refractivity contribution in [3.8, 4) is 5.75 Å². The normalized spacial score (nSPS) is 23.0. The van der Waals surface area contributed by atoms with E-state index in [-0.39, 0.29) is 18.0 Å². The molecule has 1 saturated heterocycles. The first-order valence-corrected chi connectivity index (χ1v) is 8.56. The van der Waals surface area contributed by atoms with E-state index in [0.29, 0.717) is 13.0 Å². The first kappa shape index (κ1) is 16.6. The summed E-state index contributed by atoms with van der Waals surface area (Å²) in [6.07, 6.45) is 2.95. The van der Waals surface area contributed by atoms with Crippen LogP contribution in [0.25, 0.3) is 0 Å². The number of para-hydroxylation sites is 1. The van der Waals surface area contributed by atoms with Crippen LogP contribution in [0.1, 0.15) is 24.8 Å². The van der Waals surface area contributed by atoms with E-state index in [4.69, 9.17) is 4.74 Å². The fourth-order valence-corrected chi connectivity index (χ4v) is 3.30. The number of hydrogen-bond acceptors (Lipinski definition) is 3. The van der Waals surface area contributed by atoms with Crippen LogP contribution in [-0.2, 0) is 11.2 Å². The lowest BCUT2D eigenvalue weighted by Gasteiger charge is -2.36. The Morgan fingerprint density at radius 3 is 2.83 bits per heavy atom. The quantitative estimate of drug-likeness (QED) is 0.896. The largest absolute Gasteiger partial charge is 0.480 e. The highest BCUT2D eigenvalue weighted by Crippen LogP contribution is 2.28. The molecule has 2 unspecified atom stereocenters. The van der Waals surface area contributed by atoms with Gasteiger partial charge in [0, 0.05) is 33.2 Å². The zero-order valence-electron chi connectivity index (χ0n) is 14.3. The molecule has 1 fully saturated rings. The lowest BCUT2D eigenvalue weighted by atomic mass is 10.00. The number of amides is 3. The molecule has 0 aromatic heterocycles. The number of benzene rings is 1. The molecule has 3 rings (SSSR count). The molecular weight excluding hydrogens is 306 g/mol. The van der Waals surface area contributed by atoms with Gasteiger partial charge in [0.15, 0.2) is 6.10 Å². The van der Waals surface area contributed by atoms with Crippen molar-refractivity contribution < 1.29 is 14.3 Å². The number of nitrogens with zero attached hydrogens (tertiary/aromatic N) is 2. The van der Waals surface area contributed by atoms with E-state index in [0.717, 1.165) is 37.1 Å². The van der Waals surface area contributed by atoms with E-state index in [1.54, 1.807) is 14.1 Å². The van der Waals surface area contributed by atoms with Crippen molar-refractivity contribution in [3.63, 3.8) is 0 Å². The minimum Gasteiger partial charge on any atom is -0.480 e. The summed E-state index contributed by atoms with van der Waals surface area (Å²) in [6, 6.07) is 7.78. The Morgan fingerprint density at radius 2 is 2.04 bits per heavy atom. The molecule has 2 atom stereocenters. The second-order valence-electron chi connectivity index (χ2n) is 6.72. The molecule has 0 saturated carbocycles. The van der Waals surface area contributed by atoms with Crippen LogP contribution in [0.2, 0.25) is 0 Å². The molecule has 24 heavy (non-hydrogen) atoms. The number of fused-ring (bicyclic) bond motifs is 1. The number of nitrogens with one attached hydrogen (secondary N) is 1. The summed E-state index contributed by atoms with van der Waals surface area (Å²) < 4.78 is 5.91. The van der Waals surface area contributed by atoms with Crippen molar-refractivity contribution in [2.75, 3.05) is 27.2 Å². The lowest BCUT2D eigenvalue weighted by Crippen LogP contribution is -2.54. The zero-order chi connectivity index (χ0) is 17.1. The van der Waals surface area contributed by atoms with Crippen LogP contribution in [0.3, 0.4) is 0 Å². The molecule has 0 radical (unpaired) electrons. The van der Waals surface area contributed by atoms with E-state index in [9.17, 15) is 9.59 Å². The maximum atomic E-state index is 12.8. The van der Waals surface area contributed by atoms with Gasteiger partial charge in [-0.15, -0.1) is 0 Å². The summed E-state index contributed by atoms with van der Waals surface area (Å²) in [5.41, 5.74) is 1.16. The van der Waals surface area contributed by atoms with Gasteiger partial charge in [0.2, 0.25) is 0 Å². The fourth-order valence-electron chi connectivity index (χ4n) is 3.30. The molecule has 1 N–H and O–H groups in total. The van der Waals surface area contributed by atoms with Crippen molar-refractivity contribution in [1.29, 1.82) is 0 Å². The van der Waals surface area contributed by atoms with Crippen molar-refractivity contribution in [3.05, 3.63) is 29.8 Å². The van der Waals surface area contributed by atoms with Gasteiger partial charge in [-0.2, -0.15) is 0 Å². The molecule has 6 heteroatoms. The number of rotatable bonds is 2. The Labute approximate surface area is 142 Å². The van der Waals surface area contributed by atoms with Gasteiger partial charge in [0.05, 0.1) is 0 Å². The van der Waals surface area contributed by atoms with Gasteiger partial charge in [0.1, 0.15) is 5.75 Å². The third kappa shape index (κ3) is 3.63. The molecule has 2 aliphatic heterocycles. The van der Waals surface area contributed by atoms with E-state index in [1.165, 1.54) is 4.90 Å². The number of urea groups is 1. The summed E-state index contributed by atoms with van der Waals surface area (Å²) in [7, 11) is 3.43. The maximum absolute atomic E-state index is 12.8. The number of carbonyl (C=O) groups excluding carboxylic acids is 2. The maximum Gasteiger partial charge on any atom is 0.317 e. The van der Waals surface area contributed by atoms with Crippen molar-refractivity contribution >= 4 is 11.9 Å². The van der Waals surface area contributed by atoms with Crippen LogP contribution in [0, 0.1) is 0 Å². The van der Waals surface area contributed by atoms with Gasteiger partial charge < -0.3 is 19.9 Å². The summed E-state index contributed by atoms with van der Waals surface area (Å²) in [5.74, 6) is 0.852. The molecule has 1 aromatic carbocycles. The fraction of sp³-hybridized carbons (Fsp3) is 0.556. The third-order valence-electron chi connectivity index (χ3n) is 4.66. The monoisotopic (exact) mass is 331 g/mol. The molecule has 0 aliphatic carbocycles. The summed E-state index contributed by atoms with van der Waals surface area (Å²) >= 11 is 0. The van der Waals surface area contributed by atoms with Gasteiger partial charge >= 0.3 is 6.03 Å². The highest BCUT2D eigenvalue weighted by molar-refractivity contribution is 5.82. The van der Waals surface area contributed by atoms with Crippen LogP contribution >= 0.6 is 0 Å². The molecular formula is C18H25N3O3. The number of carbonyl (C=O) groups is 2. The highest BCUT2D eigenvalue weighted by Gasteiger charge is 2.33. The Hall–Kier alpha value is -2.24. The van der Waals surface area contributed by atoms with E-state index in [1.807, 2.05) is 29.2 Å². The second kappa shape index (κ2) is 7.11. The van der Waals surface area contributed by atoms with Gasteiger partial charge in [-0.1, -0.05) is 18.2 Å². The molecule has 0 bridgehead atoms. The molecule has 6 nitrogen and oxygen atoms in total. The van der Waals surface area contributed by atoms with E-state index >= 15 is 0 Å². The minimum atomic E-state index is -0.414. The summed E-state index contributed by atoms with van der Waals surface area (Å²) in [5, 5.41) is 2.97. The number of ether oxygens (including phenoxy) is 1. The van der Waals surface area contributed by atoms with Gasteiger partial charge in [-0.25, -0.2) is 4.79 Å². The molecule has 2 aliphatic rings. The van der Waals surface area contributed by atoms with Crippen LogP contribution < -0.4 is 10.1 Å². The Morgan fingerprint density at radius 1 is 1.25 bits per heavy atom. The van der Waals surface area contributed by atoms with Gasteiger partial charge in [-0.3, -0.25) is 4.79 Å². The number of aryl methyl sites for hydroxylation is 1. The highest BCUT2D eigenvalue weighted by atomic mass is 16.5. The smallest absolute Gasteiger partial charge is 0.317 e. The molecule has 1 aromatic rings.